The van der Waals surface area contributed by atoms with E-state index in [1.54, 1.807) is 4.90 Å². The fourth-order valence-corrected chi connectivity index (χ4v) is 3.60. The van der Waals surface area contributed by atoms with Gasteiger partial charge < -0.3 is 10.2 Å². The summed E-state index contributed by atoms with van der Waals surface area (Å²) >= 11 is 12.2. The van der Waals surface area contributed by atoms with E-state index in [4.69, 9.17) is 23.2 Å². The third-order valence-electron chi connectivity index (χ3n) is 4.73. The molecular formula is C14H20Cl2N2O2. The van der Waals surface area contributed by atoms with E-state index in [1.807, 2.05) is 6.92 Å². The van der Waals surface area contributed by atoms with Gasteiger partial charge in [-0.1, -0.05) is 0 Å². The van der Waals surface area contributed by atoms with Crippen molar-refractivity contribution in [1.82, 2.24) is 10.2 Å². The maximum absolute atomic E-state index is 12.5. The normalized spacial score (nSPS) is 35.5. The molecule has 1 N–H and O–H groups in total. The van der Waals surface area contributed by atoms with E-state index in [9.17, 15) is 9.59 Å². The van der Waals surface area contributed by atoms with Gasteiger partial charge >= 0.3 is 0 Å². The molecule has 0 unspecified atom stereocenters. The molecule has 0 radical (unpaired) electrons. The topological polar surface area (TPSA) is 49.4 Å². The fourth-order valence-electron chi connectivity index (χ4n) is 2.90. The standard InChI is InChI=1S/C14H20Cl2N2O2/c1-13(8-14(13,15)16)12(20)18-6-2-3-9(7-18)11(19)17-10-4-5-10/h9-10H,2-8H2,1H3,(H,17,19)/t9-,13+/m0/s1. The van der Waals surface area contributed by atoms with Crippen molar-refractivity contribution in [3.63, 3.8) is 0 Å². The SMILES string of the molecule is C[C@]1(C(=O)N2CCC[C@H](C(=O)NC3CC3)C2)CC1(Cl)Cl. The van der Waals surface area contributed by atoms with Crippen LogP contribution < -0.4 is 5.32 Å². The number of carbonyl (C=O) groups is 2. The molecule has 3 rings (SSSR count). The van der Waals surface area contributed by atoms with E-state index < -0.39 is 9.75 Å². The molecule has 3 fully saturated rings. The van der Waals surface area contributed by atoms with Gasteiger partial charge in [-0.05, 0) is 39.0 Å². The Bertz CT molecular complexity index is 450. The van der Waals surface area contributed by atoms with Crippen LogP contribution in [-0.4, -0.2) is 40.2 Å². The van der Waals surface area contributed by atoms with Gasteiger partial charge in [-0.15, -0.1) is 23.2 Å². The number of hydrogen-bond donors (Lipinski definition) is 1. The lowest BCUT2D eigenvalue weighted by molar-refractivity contribution is -0.140. The van der Waals surface area contributed by atoms with Crippen molar-refractivity contribution in [2.24, 2.45) is 11.3 Å². The number of nitrogens with zero attached hydrogens (tertiary/aromatic N) is 1. The molecule has 0 aromatic rings. The molecule has 3 aliphatic rings. The fraction of sp³-hybridized carbons (Fsp3) is 0.857. The molecule has 6 heteroatoms. The van der Waals surface area contributed by atoms with Crippen LogP contribution >= 0.6 is 23.2 Å². The molecule has 112 valence electrons. The van der Waals surface area contributed by atoms with Crippen molar-refractivity contribution in [2.45, 2.75) is 49.4 Å². The first kappa shape index (κ1) is 14.5. The first-order valence-corrected chi connectivity index (χ1v) is 8.07. The molecule has 20 heavy (non-hydrogen) atoms. The van der Waals surface area contributed by atoms with E-state index in [0.29, 0.717) is 25.6 Å². The molecule has 0 aromatic carbocycles. The van der Waals surface area contributed by atoms with Gasteiger partial charge in [-0.2, -0.15) is 0 Å². The maximum Gasteiger partial charge on any atom is 0.231 e. The summed E-state index contributed by atoms with van der Waals surface area (Å²) in [6.45, 7) is 3.01. The summed E-state index contributed by atoms with van der Waals surface area (Å²) in [4.78, 5) is 26.4. The molecular weight excluding hydrogens is 299 g/mol. The zero-order valence-electron chi connectivity index (χ0n) is 11.6. The molecule has 2 saturated carbocycles. The van der Waals surface area contributed by atoms with Crippen molar-refractivity contribution in [2.75, 3.05) is 13.1 Å². The lowest BCUT2D eigenvalue weighted by Crippen LogP contribution is -2.48. The van der Waals surface area contributed by atoms with E-state index in [2.05, 4.69) is 5.32 Å². The third-order valence-corrected chi connectivity index (χ3v) is 5.83. The van der Waals surface area contributed by atoms with Crippen LogP contribution in [0.5, 0.6) is 0 Å². The van der Waals surface area contributed by atoms with Gasteiger partial charge in [0.15, 0.2) is 0 Å². The number of halogens is 2. The maximum atomic E-state index is 12.5. The summed E-state index contributed by atoms with van der Waals surface area (Å²) in [7, 11) is 0. The van der Waals surface area contributed by atoms with Crippen LogP contribution in [0.1, 0.15) is 39.0 Å². The Balaban J connectivity index is 1.60. The van der Waals surface area contributed by atoms with Crippen LogP contribution in [0, 0.1) is 11.3 Å². The Morgan fingerprint density at radius 3 is 2.45 bits per heavy atom. The minimum atomic E-state index is -0.937. The highest BCUT2D eigenvalue weighted by Crippen LogP contribution is 2.64. The molecule has 2 amide bonds. The largest absolute Gasteiger partial charge is 0.353 e. The second kappa shape index (κ2) is 4.77. The van der Waals surface area contributed by atoms with Crippen LogP contribution in [0.4, 0.5) is 0 Å². The van der Waals surface area contributed by atoms with Crippen LogP contribution in [-0.2, 0) is 9.59 Å². The summed E-state index contributed by atoms with van der Waals surface area (Å²) in [5, 5.41) is 3.02. The molecule has 0 aromatic heterocycles. The van der Waals surface area contributed by atoms with Crippen LogP contribution in [0.15, 0.2) is 0 Å². The first-order chi connectivity index (χ1) is 9.33. The van der Waals surface area contributed by atoms with Gasteiger partial charge in [0, 0.05) is 19.1 Å². The summed E-state index contributed by atoms with van der Waals surface area (Å²) in [5.74, 6) is -0.00363. The molecule has 1 heterocycles. The molecule has 4 nitrogen and oxygen atoms in total. The minimum Gasteiger partial charge on any atom is -0.353 e. The van der Waals surface area contributed by atoms with Crippen molar-refractivity contribution >= 4 is 35.0 Å². The summed E-state index contributed by atoms with van der Waals surface area (Å²) in [5.41, 5.74) is -0.676. The molecule has 2 aliphatic carbocycles. The number of likely N-dealkylation sites (tertiary alicyclic amines) is 1. The third kappa shape index (κ3) is 2.52. The van der Waals surface area contributed by atoms with Gasteiger partial charge in [0.1, 0.15) is 4.33 Å². The number of carbonyl (C=O) groups excluding carboxylic acids is 2. The predicted octanol–water partition coefficient (Wildman–Crippen LogP) is 2.09. The van der Waals surface area contributed by atoms with Gasteiger partial charge in [0.25, 0.3) is 0 Å². The van der Waals surface area contributed by atoms with Crippen molar-refractivity contribution in [1.29, 1.82) is 0 Å². The second-order valence-corrected chi connectivity index (χ2v) is 8.07. The van der Waals surface area contributed by atoms with Crippen molar-refractivity contribution in [3.8, 4) is 0 Å². The van der Waals surface area contributed by atoms with E-state index in [0.717, 1.165) is 25.7 Å². The van der Waals surface area contributed by atoms with E-state index in [-0.39, 0.29) is 17.7 Å². The lowest BCUT2D eigenvalue weighted by atomic mass is 9.95. The Morgan fingerprint density at radius 1 is 1.25 bits per heavy atom. The monoisotopic (exact) mass is 318 g/mol. The molecule has 2 atom stereocenters. The van der Waals surface area contributed by atoms with Gasteiger partial charge in [0.2, 0.25) is 11.8 Å². The molecule has 1 saturated heterocycles. The highest BCUT2D eigenvalue weighted by atomic mass is 35.5. The Hall–Kier alpha value is -0.480. The van der Waals surface area contributed by atoms with Crippen molar-refractivity contribution in [3.05, 3.63) is 0 Å². The highest BCUT2D eigenvalue weighted by molar-refractivity contribution is 6.53. The van der Waals surface area contributed by atoms with E-state index in [1.165, 1.54) is 0 Å². The summed E-state index contributed by atoms with van der Waals surface area (Å²) < 4.78 is -0.937. The van der Waals surface area contributed by atoms with E-state index >= 15 is 0 Å². The number of rotatable bonds is 3. The zero-order chi connectivity index (χ0) is 14.5. The quantitative estimate of drug-likeness (QED) is 0.810. The number of hydrogen-bond acceptors (Lipinski definition) is 2. The number of nitrogens with one attached hydrogen (secondary N) is 1. The molecule has 0 bridgehead atoms. The predicted molar refractivity (Wildman–Crippen MR) is 77.6 cm³/mol. The van der Waals surface area contributed by atoms with Crippen molar-refractivity contribution < 1.29 is 9.59 Å². The number of amides is 2. The number of alkyl halides is 2. The zero-order valence-corrected chi connectivity index (χ0v) is 13.1. The van der Waals surface area contributed by atoms with Gasteiger partial charge in [0.05, 0.1) is 11.3 Å². The van der Waals surface area contributed by atoms with Crippen LogP contribution in [0.2, 0.25) is 0 Å². The smallest absolute Gasteiger partial charge is 0.231 e. The molecule has 1 aliphatic heterocycles. The minimum absolute atomic E-state index is 0.00794. The van der Waals surface area contributed by atoms with Crippen LogP contribution in [0.3, 0.4) is 0 Å². The first-order valence-electron chi connectivity index (χ1n) is 7.31. The summed E-state index contributed by atoms with van der Waals surface area (Å²) in [6.07, 6.45) is 4.38. The highest BCUT2D eigenvalue weighted by Gasteiger charge is 2.68. The Kier molecular flexibility index (Phi) is 3.45. The summed E-state index contributed by atoms with van der Waals surface area (Å²) in [6, 6.07) is 0.368. The average Bonchev–Trinajstić information content (AvgIpc) is 3.29. The van der Waals surface area contributed by atoms with Crippen LogP contribution in [0.25, 0.3) is 0 Å². The van der Waals surface area contributed by atoms with Gasteiger partial charge in [-0.25, -0.2) is 0 Å². The molecule has 0 spiro atoms. The second-order valence-electron chi connectivity index (χ2n) is 6.59. The van der Waals surface area contributed by atoms with Gasteiger partial charge in [-0.3, -0.25) is 9.59 Å². The Labute approximate surface area is 129 Å². The Morgan fingerprint density at radius 2 is 1.90 bits per heavy atom. The average molecular weight is 319 g/mol. The lowest BCUT2D eigenvalue weighted by Gasteiger charge is -2.34. The number of piperidine rings is 1.